The summed E-state index contributed by atoms with van der Waals surface area (Å²) < 4.78 is 5.53. The van der Waals surface area contributed by atoms with E-state index >= 15 is 0 Å². The van der Waals surface area contributed by atoms with E-state index in [1.807, 2.05) is 30.1 Å². The molecular formula is C12H14N2OS2. The predicted octanol–water partition coefficient (Wildman–Crippen LogP) is 2.91. The molecule has 1 N–H and O–H groups in total. The number of thioether (sulfide) groups is 1. The Kier molecular flexibility index (Phi) is 3.22. The van der Waals surface area contributed by atoms with Gasteiger partial charge in [0.25, 0.3) is 0 Å². The Morgan fingerprint density at radius 3 is 3.29 bits per heavy atom. The molecule has 5 heteroatoms. The second-order valence-electron chi connectivity index (χ2n) is 4.02. The van der Waals surface area contributed by atoms with Crippen molar-refractivity contribution < 1.29 is 4.42 Å². The summed E-state index contributed by atoms with van der Waals surface area (Å²) in [5.74, 6) is 3.32. The van der Waals surface area contributed by atoms with E-state index in [1.54, 1.807) is 0 Å². The Hall–Kier alpha value is -0.780. The molecule has 3 nitrogen and oxygen atoms in total. The number of oxazole rings is 1. The van der Waals surface area contributed by atoms with Gasteiger partial charge in [-0.2, -0.15) is 11.8 Å². The molecule has 0 bridgehead atoms. The third-order valence-electron chi connectivity index (χ3n) is 2.84. The summed E-state index contributed by atoms with van der Waals surface area (Å²) in [6, 6.07) is 2.27. The molecule has 0 fully saturated rings. The minimum Gasteiger partial charge on any atom is -0.442 e. The van der Waals surface area contributed by atoms with Crippen LogP contribution in [-0.4, -0.2) is 17.8 Å². The Morgan fingerprint density at radius 2 is 2.47 bits per heavy atom. The largest absolute Gasteiger partial charge is 0.442 e. The standard InChI is InChI=1S/C12H14N2OS2/c1-13-5-9-12(15-7-14-9)11-4-8-6-16-3-2-10(8)17-11/h4,7,13H,2-3,5-6H2,1H3. The number of aromatic nitrogens is 1. The van der Waals surface area contributed by atoms with E-state index in [2.05, 4.69) is 16.4 Å². The number of thiophene rings is 1. The summed E-state index contributed by atoms with van der Waals surface area (Å²) in [7, 11) is 1.93. The predicted molar refractivity (Wildman–Crippen MR) is 72.4 cm³/mol. The number of rotatable bonds is 3. The molecule has 90 valence electrons. The van der Waals surface area contributed by atoms with Crippen molar-refractivity contribution >= 4 is 23.1 Å². The first-order valence-corrected chi connectivity index (χ1v) is 7.62. The first-order valence-electron chi connectivity index (χ1n) is 5.65. The number of nitrogens with zero attached hydrogens (tertiary/aromatic N) is 1. The van der Waals surface area contributed by atoms with Crippen LogP contribution in [0.3, 0.4) is 0 Å². The second-order valence-corrected chi connectivity index (χ2v) is 6.26. The molecule has 0 radical (unpaired) electrons. The SMILES string of the molecule is CNCc1ncoc1-c1cc2c(s1)CCSC2. The maximum absolute atomic E-state index is 5.53. The summed E-state index contributed by atoms with van der Waals surface area (Å²) >= 11 is 3.87. The zero-order valence-electron chi connectivity index (χ0n) is 9.66. The summed E-state index contributed by atoms with van der Waals surface area (Å²) in [4.78, 5) is 7.00. The van der Waals surface area contributed by atoms with Crippen LogP contribution in [0.1, 0.15) is 16.1 Å². The monoisotopic (exact) mass is 266 g/mol. The van der Waals surface area contributed by atoms with Gasteiger partial charge in [0, 0.05) is 17.2 Å². The average molecular weight is 266 g/mol. The van der Waals surface area contributed by atoms with Crippen molar-refractivity contribution in [1.82, 2.24) is 10.3 Å². The van der Waals surface area contributed by atoms with Gasteiger partial charge in [0.1, 0.15) is 5.69 Å². The van der Waals surface area contributed by atoms with Gasteiger partial charge in [0.05, 0.1) is 4.88 Å². The van der Waals surface area contributed by atoms with E-state index < -0.39 is 0 Å². The summed E-state index contributed by atoms with van der Waals surface area (Å²) in [6.45, 7) is 0.753. The van der Waals surface area contributed by atoms with Crippen molar-refractivity contribution in [3.05, 3.63) is 28.6 Å². The number of fused-ring (bicyclic) bond motifs is 1. The van der Waals surface area contributed by atoms with Crippen molar-refractivity contribution in [1.29, 1.82) is 0 Å². The van der Waals surface area contributed by atoms with Gasteiger partial charge in [-0.1, -0.05) is 0 Å². The second kappa shape index (κ2) is 4.84. The normalized spacial score (nSPS) is 14.9. The van der Waals surface area contributed by atoms with Gasteiger partial charge in [-0.15, -0.1) is 11.3 Å². The van der Waals surface area contributed by atoms with Crippen LogP contribution in [0.2, 0.25) is 0 Å². The zero-order valence-corrected chi connectivity index (χ0v) is 11.3. The molecule has 0 aromatic carbocycles. The molecule has 3 heterocycles. The molecular weight excluding hydrogens is 252 g/mol. The number of hydrogen-bond acceptors (Lipinski definition) is 5. The highest BCUT2D eigenvalue weighted by atomic mass is 32.2. The average Bonchev–Trinajstić information content (AvgIpc) is 2.94. The Bertz CT molecular complexity index is 495. The van der Waals surface area contributed by atoms with Crippen LogP contribution in [0.25, 0.3) is 10.6 Å². The lowest BCUT2D eigenvalue weighted by Crippen LogP contribution is -2.05. The van der Waals surface area contributed by atoms with Crippen molar-refractivity contribution in [2.24, 2.45) is 0 Å². The highest BCUT2D eigenvalue weighted by Crippen LogP contribution is 2.37. The Labute approximate surface area is 109 Å². The highest BCUT2D eigenvalue weighted by Gasteiger charge is 2.18. The number of nitrogens with one attached hydrogen (secondary N) is 1. The number of hydrogen-bond donors (Lipinski definition) is 1. The fraction of sp³-hybridized carbons (Fsp3) is 0.417. The molecule has 2 aromatic heterocycles. The molecule has 0 saturated heterocycles. The Balaban J connectivity index is 1.97. The molecule has 0 amide bonds. The van der Waals surface area contributed by atoms with Gasteiger partial charge in [0.2, 0.25) is 0 Å². The van der Waals surface area contributed by atoms with Gasteiger partial charge >= 0.3 is 0 Å². The maximum Gasteiger partial charge on any atom is 0.181 e. The van der Waals surface area contributed by atoms with Crippen molar-refractivity contribution in [3.8, 4) is 10.6 Å². The first kappa shape index (κ1) is 11.3. The Morgan fingerprint density at radius 1 is 1.53 bits per heavy atom. The van der Waals surface area contributed by atoms with Crippen LogP contribution < -0.4 is 5.32 Å². The quantitative estimate of drug-likeness (QED) is 0.927. The van der Waals surface area contributed by atoms with Crippen LogP contribution in [0.15, 0.2) is 16.9 Å². The van der Waals surface area contributed by atoms with E-state index in [9.17, 15) is 0 Å². The zero-order chi connectivity index (χ0) is 11.7. The lowest BCUT2D eigenvalue weighted by molar-refractivity contribution is 0.571. The minimum absolute atomic E-state index is 0.753. The van der Waals surface area contributed by atoms with Crippen LogP contribution in [0.5, 0.6) is 0 Å². The first-order chi connectivity index (χ1) is 8.38. The van der Waals surface area contributed by atoms with Crippen LogP contribution in [0.4, 0.5) is 0 Å². The summed E-state index contributed by atoms with van der Waals surface area (Å²) in [5.41, 5.74) is 2.48. The lowest BCUT2D eigenvalue weighted by atomic mass is 10.2. The van der Waals surface area contributed by atoms with Crippen molar-refractivity contribution in [2.45, 2.75) is 18.7 Å². The van der Waals surface area contributed by atoms with Gasteiger partial charge in [-0.25, -0.2) is 4.98 Å². The smallest absolute Gasteiger partial charge is 0.181 e. The van der Waals surface area contributed by atoms with E-state index in [4.69, 9.17) is 4.42 Å². The van der Waals surface area contributed by atoms with E-state index in [0.717, 1.165) is 23.8 Å². The van der Waals surface area contributed by atoms with Gasteiger partial charge in [-0.3, -0.25) is 0 Å². The molecule has 0 unspecified atom stereocenters. The molecule has 0 spiro atoms. The number of aryl methyl sites for hydroxylation is 1. The molecule has 3 rings (SSSR count). The molecule has 1 aliphatic heterocycles. The fourth-order valence-electron chi connectivity index (χ4n) is 2.02. The van der Waals surface area contributed by atoms with Gasteiger partial charge in [0.15, 0.2) is 12.2 Å². The van der Waals surface area contributed by atoms with E-state index in [-0.39, 0.29) is 0 Å². The summed E-state index contributed by atoms with van der Waals surface area (Å²) in [5, 5.41) is 3.12. The van der Waals surface area contributed by atoms with E-state index in [1.165, 1.54) is 33.9 Å². The van der Waals surface area contributed by atoms with Crippen molar-refractivity contribution in [3.63, 3.8) is 0 Å². The van der Waals surface area contributed by atoms with Crippen molar-refractivity contribution in [2.75, 3.05) is 12.8 Å². The maximum atomic E-state index is 5.53. The van der Waals surface area contributed by atoms with Gasteiger partial charge < -0.3 is 9.73 Å². The minimum atomic E-state index is 0.753. The molecule has 1 aliphatic rings. The van der Waals surface area contributed by atoms with Crippen LogP contribution in [0, 0.1) is 0 Å². The molecule has 0 saturated carbocycles. The highest BCUT2D eigenvalue weighted by molar-refractivity contribution is 7.98. The van der Waals surface area contributed by atoms with E-state index in [0.29, 0.717) is 0 Å². The van der Waals surface area contributed by atoms with Crippen LogP contribution >= 0.6 is 23.1 Å². The molecule has 0 aliphatic carbocycles. The fourth-order valence-corrected chi connectivity index (χ4v) is 4.40. The molecule has 17 heavy (non-hydrogen) atoms. The lowest BCUT2D eigenvalue weighted by Gasteiger charge is -2.08. The van der Waals surface area contributed by atoms with Gasteiger partial charge in [-0.05, 0) is 30.9 Å². The molecule has 0 atom stereocenters. The molecule has 2 aromatic rings. The topological polar surface area (TPSA) is 38.1 Å². The third-order valence-corrected chi connectivity index (χ3v) is 5.08. The third kappa shape index (κ3) is 2.14. The summed E-state index contributed by atoms with van der Waals surface area (Å²) in [6.07, 6.45) is 2.73. The van der Waals surface area contributed by atoms with Crippen LogP contribution in [-0.2, 0) is 18.7 Å².